The number of rotatable bonds is 0. The molecule has 0 unspecified atom stereocenters. The first-order valence-corrected chi connectivity index (χ1v) is 6.34. The molecule has 0 aliphatic rings. The maximum atomic E-state index is 10.3. The smallest absolute Gasteiger partial charge is 0.872 e. The van der Waals surface area contributed by atoms with Crippen molar-refractivity contribution in [2.75, 3.05) is 0 Å². The molecule has 0 spiro atoms. The monoisotopic (exact) mass is 334 g/mol. The van der Waals surface area contributed by atoms with E-state index in [4.69, 9.17) is 0 Å². The Hall–Kier alpha value is -2.42. The van der Waals surface area contributed by atoms with Gasteiger partial charge in [-0.3, -0.25) is 0 Å². The fourth-order valence-corrected chi connectivity index (χ4v) is 1.26. The van der Waals surface area contributed by atoms with Crippen molar-refractivity contribution in [3.8, 4) is 17.2 Å². The van der Waals surface area contributed by atoms with E-state index in [0.717, 1.165) is 0 Å². The molecule has 3 nitrogen and oxygen atoms in total. The number of para-hydroxylation sites is 3. The van der Waals surface area contributed by atoms with Gasteiger partial charge >= 0.3 is 17.1 Å². The Kier molecular flexibility index (Phi) is 11.0. The van der Waals surface area contributed by atoms with Gasteiger partial charge in [0, 0.05) is 0 Å². The molecule has 22 heavy (non-hydrogen) atoms. The molecular formula is C18H15MnO3. The molecule has 3 aromatic rings. The third-order valence-corrected chi connectivity index (χ3v) is 2.23. The molecule has 0 bridgehead atoms. The fraction of sp³-hybridized carbons (Fsp3) is 0. The standard InChI is InChI=1S/3C6H6O.Mn/c3*7-6-4-2-1-3-5-6;/h3*1-5,7H;/q;;;+3/p-3. The summed E-state index contributed by atoms with van der Waals surface area (Å²) < 4.78 is 0. The van der Waals surface area contributed by atoms with Crippen LogP contribution >= 0.6 is 0 Å². The van der Waals surface area contributed by atoms with Crippen molar-refractivity contribution in [3.05, 3.63) is 91.0 Å². The Morgan fingerprint density at radius 2 is 0.545 bits per heavy atom. The Balaban J connectivity index is 0.000000294. The van der Waals surface area contributed by atoms with Crippen molar-refractivity contribution in [3.63, 3.8) is 0 Å². The Morgan fingerprint density at radius 3 is 0.636 bits per heavy atom. The zero-order valence-electron chi connectivity index (χ0n) is 11.8. The van der Waals surface area contributed by atoms with Gasteiger partial charge in [-0.25, -0.2) is 0 Å². The SMILES string of the molecule is [Mn+3].[O-]c1ccccc1.[O-]c1ccccc1.[O-]c1ccccc1. The fourth-order valence-electron chi connectivity index (χ4n) is 1.26. The summed E-state index contributed by atoms with van der Waals surface area (Å²) in [7, 11) is 0. The normalized spacial score (nSPS) is 8.18. The molecule has 0 fully saturated rings. The van der Waals surface area contributed by atoms with Gasteiger partial charge in [0.15, 0.2) is 0 Å². The molecule has 0 amide bonds. The van der Waals surface area contributed by atoms with Gasteiger partial charge in [0.25, 0.3) is 0 Å². The third kappa shape index (κ3) is 10.4. The second-order valence-electron chi connectivity index (χ2n) is 3.94. The van der Waals surface area contributed by atoms with Crippen LogP contribution in [0.2, 0.25) is 0 Å². The van der Waals surface area contributed by atoms with Crippen LogP contribution in [0.15, 0.2) is 91.0 Å². The molecule has 0 saturated carbocycles. The summed E-state index contributed by atoms with van der Waals surface area (Å²) in [5.74, 6) is 0.215. The van der Waals surface area contributed by atoms with Gasteiger partial charge in [0.05, 0.1) is 0 Å². The van der Waals surface area contributed by atoms with Gasteiger partial charge in [-0.1, -0.05) is 91.0 Å². The van der Waals surface area contributed by atoms with Crippen LogP contribution in [0, 0.1) is 0 Å². The van der Waals surface area contributed by atoms with Gasteiger partial charge in [-0.2, -0.15) is 0 Å². The van der Waals surface area contributed by atoms with Gasteiger partial charge < -0.3 is 15.3 Å². The maximum Gasteiger partial charge on any atom is 3.00 e. The summed E-state index contributed by atoms with van der Waals surface area (Å²) in [5.41, 5.74) is 0. The van der Waals surface area contributed by atoms with E-state index in [9.17, 15) is 15.3 Å². The van der Waals surface area contributed by atoms with Crippen LogP contribution in [0.25, 0.3) is 0 Å². The second-order valence-corrected chi connectivity index (χ2v) is 3.94. The van der Waals surface area contributed by atoms with Crippen molar-refractivity contribution in [1.29, 1.82) is 0 Å². The molecule has 4 heteroatoms. The third-order valence-electron chi connectivity index (χ3n) is 2.23. The quantitative estimate of drug-likeness (QED) is 0.592. The van der Waals surface area contributed by atoms with Crippen LogP contribution in [-0.2, 0) is 17.1 Å². The van der Waals surface area contributed by atoms with E-state index < -0.39 is 0 Å². The van der Waals surface area contributed by atoms with Gasteiger partial charge in [0.2, 0.25) is 0 Å². The average molecular weight is 334 g/mol. The van der Waals surface area contributed by atoms with Crippen LogP contribution in [0.3, 0.4) is 0 Å². The molecule has 0 saturated heterocycles. The first-order chi connectivity index (χ1) is 10.2. The average Bonchev–Trinajstić information content (AvgIpc) is 2.51. The molecule has 3 aromatic carbocycles. The molecule has 0 atom stereocenters. The maximum absolute atomic E-state index is 10.3. The predicted molar refractivity (Wildman–Crippen MR) is 77.7 cm³/mol. The van der Waals surface area contributed by atoms with Crippen LogP contribution < -0.4 is 15.3 Å². The van der Waals surface area contributed by atoms with Gasteiger partial charge in [-0.05, 0) is 0 Å². The summed E-state index contributed by atoms with van der Waals surface area (Å²) in [6, 6.07) is 25.0. The zero-order valence-corrected chi connectivity index (χ0v) is 12.9. The van der Waals surface area contributed by atoms with Gasteiger partial charge in [0.1, 0.15) is 0 Å². The summed E-state index contributed by atoms with van der Waals surface area (Å²) in [5, 5.41) is 30.8. The molecular weight excluding hydrogens is 319 g/mol. The zero-order chi connectivity index (χ0) is 15.3. The molecule has 0 heterocycles. The van der Waals surface area contributed by atoms with Crippen LogP contribution in [0.1, 0.15) is 0 Å². The Bertz CT molecular complexity index is 497. The predicted octanol–water partition coefficient (Wildman–Crippen LogP) is 2.28. The van der Waals surface area contributed by atoms with E-state index >= 15 is 0 Å². The second kappa shape index (κ2) is 12.3. The molecule has 3 rings (SSSR count). The van der Waals surface area contributed by atoms with E-state index in [2.05, 4.69) is 0 Å². The summed E-state index contributed by atoms with van der Waals surface area (Å²) in [6.45, 7) is 0. The number of benzene rings is 3. The van der Waals surface area contributed by atoms with Crippen LogP contribution in [-0.4, -0.2) is 0 Å². The van der Waals surface area contributed by atoms with E-state index in [1.54, 1.807) is 36.4 Å². The van der Waals surface area contributed by atoms with Crippen molar-refractivity contribution in [2.24, 2.45) is 0 Å². The van der Waals surface area contributed by atoms with E-state index in [0.29, 0.717) is 0 Å². The molecule has 0 N–H and O–H groups in total. The van der Waals surface area contributed by atoms with E-state index in [-0.39, 0.29) is 34.3 Å². The summed E-state index contributed by atoms with van der Waals surface area (Å²) >= 11 is 0. The van der Waals surface area contributed by atoms with Crippen molar-refractivity contribution < 1.29 is 32.4 Å². The molecule has 112 valence electrons. The first-order valence-electron chi connectivity index (χ1n) is 6.34. The Labute approximate surface area is 141 Å². The Morgan fingerprint density at radius 1 is 0.364 bits per heavy atom. The minimum absolute atomic E-state index is 0. The summed E-state index contributed by atoms with van der Waals surface area (Å²) in [4.78, 5) is 0. The summed E-state index contributed by atoms with van der Waals surface area (Å²) in [6.07, 6.45) is 0. The van der Waals surface area contributed by atoms with Crippen LogP contribution in [0.4, 0.5) is 0 Å². The minimum Gasteiger partial charge on any atom is -0.872 e. The van der Waals surface area contributed by atoms with E-state index in [1.165, 1.54) is 36.4 Å². The van der Waals surface area contributed by atoms with Crippen LogP contribution in [0.5, 0.6) is 17.2 Å². The minimum atomic E-state index is 0. The van der Waals surface area contributed by atoms with Crippen molar-refractivity contribution in [1.82, 2.24) is 0 Å². The number of hydrogen-bond donors (Lipinski definition) is 0. The topological polar surface area (TPSA) is 69.2 Å². The van der Waals surface area contributed by atoms with Crippen molar-refractivity contribution in [2.45, 2.75) is 0 Å². The van der Waals surface area contributed by atoms with Crippen molar-refractivity contribution >= 4 is 0 Å². The molecule has 0 aliphatic carbocycles. The first kappa shape index (κ1) is 19.6. The molecule has 0 aliphatic heterocycles. The largest absolute Gasteiger partial charge is 3.00 e. The van der Waals surface area contributed by atoms with Gasteiger partial charge in [-0.15, -0.1) is 17.2 Å². The molecule has 0 aromatic heterocycles. The van der Waals surface area contributed by atoms with E-state index in [1.807, 2.05) is 18.2 Å². The number of hydrogen-bond acceptors (Lipinski definition) is 3. The molecule has 0 radical (unpaired) electrons.